The number of aliphatic hydroxyl groups excluding tert-OH is 6. The number of carboxylic acid groups (broad SMARTS) is 6. The Hall–Kier alpha value is -1.94. The molecule has 2 radical (unpaired) electrons. The minimum atomic E-state index is -2.27. The fourth-order valence-corrected chi connectivity index (χ4v) is 0.810. The number of rotatable bonds is 9. The van der Waals surface area contributed by atoms with E-state index in [1.165, 1.54) is 0 Å². The summed E-state index contributed by atoms with van der Waals surface area (Å²) in [6, 6.07) is 0. The minimum absolute atomic E-state index is 0. The Balaban J connectivity index is -0.000000110. The molecule has 0 aromatic heterocycles. The van der Waals surface area contributed by atoms with Crippen LogP contribution in [0.15, 0.2) is 0 Å². The van der Waals surface area contributed by atoms with Gasteiger partial charge in [-0.2, -0.15) is 0 Å². The molecule has 0 saturated carbocycles. The summed E-state index contributed by atoms with van der Waals surface area (Å²) >= 11 is 0. The summed E-state index contributed by atoms with van der Waals surface area (Å²) in [4.78, 5) is 58.6. The number of aliphatic hydroxyl groups is 6. The Kier molecular flexibility index (Phi) is 24.9. The van der Waals surface area contributed by atoms with Crippen molar-refractivity contribution in [3.8, 4) is 0 Å². The van der Waals surface area contributed by atoms with Crippen LogP contribution < -0.4 is 0 Å². The largest absolute Gasteiger partial charge is 0.479 e. The van der Waals surface area contributed by atoms with Crippen LogP contribution >= 0.6 is 0 Å². The molecule has 0 aliphatic carbocycles. The zero-order valence-corrected chi connectivity index (χ0v) is 21.6. The maximum atomic E-state index is 9.77. The molecule has 32 heavy (non-hydrogen) atoms. The van der Waals surface area contributed by atoms with Gasteiger partial charge in [-0.1, -0.05) is 0 Å². The van der Waals surface area contributed by atoms with E-state index in [9.17, 15) is 28.8 Å². The predicted molar refractivity (Wildman–Crippen MR) is 81.9 cm³/mol. The van der Waals surface area contributed by atoms with Crippen LogP contribution in [-0.4, -0.2) is 134 Å². The summed E-state index contributed by atoms with van der Waals surface area (Å²) in [5, 5.41) is 97.6. The molecule has 0 saturated heterocycles. The number of hydrogen-bond acceptors (Lipinski definition) is 12. The van der Waals surface area contributed by atoms with Crippen molar-refractivity contribution in [2.24, 2.45) is 0 Å². The number of carboxylic acids is 6. The van der Waals surface area contributed by atoms with Crippen LogP contribution in [0, 0.1) is 0 Å². The van der Waals surface area contributed by atoms with Crippen LogP contribution in [-0.2, 0) is 73.5 Å². The van der Waals surface area contributed by atoms with Gasteiger partial charge in [-0.3, -0.25) is 0 Å². The molecule has 0 amide bonds. The van der Waals surface area contributed by atoms with Crippen molar-refractivity contribution >= 4 is 35.8 Å². The second-order valence-corrected chi connectivity index (χ2v) is 4.70. The molecule has 0 aliphatic rings. The van der Waals surface area contributed by atoms with E-state index in [0.29, 0.717) is 0 Å². The SMILES string of the molecule is O=C(O)C(O)C(O)C(=O)O.O=C(O)C(O)C(O)C(=O)O.O=C(O)C(O)C(O)C(=O)O.[Ta].[Ta]. The smallest absolute Gasteiger partial charge is 0.335 e. The van der Waals surface area contributed by atoms with Gasteiger partial charge in [-0.15, -0.1) is 0 Å². The second-order valence-electron chi connectivity index (χ2n) is 4.70. The third-order valence-electron chi connectivity index (χ3n) is 2.42. The summed E-state index contributed by atoms with van der Waals surface area (Å²) in [5.74, 6) is -10.6. The molecule has 6 atom stereocenters. The fourth-order valence-electron chi connectivity index (χ4n) is 0.810. The quantitative estimate of drug-likeness (QED) is 0.103. The predicted octanol–water partition coefficient (Wildman–Crippen LogP) is -6.37. The van der Waals surface area contributed by atoms with Crippen molar-refractivity contribution in [3.05, 3.63) is 0 Å². The first-order valence-corrected chi connectivity index (χ1v) is 6.85. The topological polar surface area (TPSA) is 345 Å². The zero-order valence-electron chi connectivity index (χ0n) is 15.2. The Bertz CT molecular complexity index is 498. The Morgan fingerprint density at radius 1 is 0.312 bits per heavy atom. The van der Waals surface area contributed by atoms with Gasteiger partial charge >= 0.3 is 35.8 Å². The van der Waals surface area contributed by atoms with E-state index in [-0.39, 0.29) is 44.8 Å². The van der Waals surface area contributed by atoms with Crippen molar-refractivity contribution in [3.63, 3.8) is 0 Å². The van der Waals surface area contributed by atoms with Crippen LogP contribution in [0.5, 0.6) is 0 Å². The maximum Gasteiger partial charge on any atom is 0.335 e. The molecule has 20 heteroatoms. The summed E-state index contributed by atoms with van der Waals surface area (Å²) in [6.45, 7) is 0. The van der Waals surface area contributed by atoms with Crippen LogP contribution in [0.1, 0.15) is 0 Å². The van der Waals surface area contributed by atoms with Crippen LogP contribution in [0.2, 0.25) is 0 Å². The molecule has 0 aromatic rings. The van der Waals surface area contributed by atoms with E-state index in [2.05, 4.69) is 0 Å². The number of carbonyl (C=O) groups is 6. The molecule has 0 heterocycles. The molecule has 184 valence electrons. The number of aliphatic carboxylic acids is 6. The summed E-state index contributed by atoms with van der Waals surface area (Å²) in [6.07, 6.45) is -13.6. The molecule has 0 aliphatic heterocycles. The molecule has 18 nitrogen and oxygen atoms in total. The van der Waals surface area contributed by atoms with Crippen LogP contribution in [0.3, 0.4) is 0 Å². The van der Waals surface area contributed by atoms with Gasteiger partial charge in [-0.05, 0) is 0 Å². The fraction of sp³-hybridized carbons (Fsp3) is 0.500. The van der Waals surface area contributed by atoms with Gasteiger partial charge in [0.05, 0.1) is 0 Å². The van der Waals surface area contributed by atoms with E-state index in [0.717, 1.165) is 0 Å². The molecule has 0 spiro atoms. The standard InChI is InChI=1S/3C4H6O6.2Ta/c3*5-1(3(7)8)2(6)4(9)10;;/h3*1-2,5-6H,(H,7,8)(H,9,10);;. The number of hydrogen-bond donors (Lipinski definition) is 12. The summed E-state index contributed by atoms with van der Waals surface area (Å²) < 4.78 is 0. The third-order valence-corrected chi connectivity index (χ3v) is 2.42. The van der Waals surface area contributed by atoms with Gasteiger partial charge < -0.3 is 61.3 Å². The van der Waals surface area contributed by atoms with Crippen molar-refractivity contribution < 1.29 is 135 Å². The Morgan fingerprint density at radius 2 is 0.375 bits per heavy atom. The normalized spacial score (nSPS) is 14.8. The summed E-state index contributed by atoms with van der Waals surface area (Å²) in [7, 11) is 0. The summed E-state index contributed by atoms with van der Waals surface area (Å²) in [5.41, 5.74) is 0. The monoisotopic (exact) mass is 812 g/mol. The Labute approximate surface area is 207 Å². The molecule has 0 rings (SSSR count). The van der Waals surface area contributed by atoms with Crippen molar-refractivity contribution in [2.45, 2.75) is 36.6 Å². The first-order chi connectivity index (χ1) is 13.4. The molecular formula is C12H18O18Ta2. The van der Waals surface area contributed by atoms with E-state index < -0.39 is 72.4 Å². The van der Waals surface area contributed by atoms with Gasteiger partial charge in [0, 0.05) is 44.8 Å². The zero-order chi connectivity index (χ0) is 24.9. The first kappa shape index (κ1) is 40.4. The molecule has 0 fully saturated rings. The van der Waals surface area contributed by atoms with Crippen LogP contribution in [0.4, 0.5) is 0 Å². The van der Waals surface area contributed by atoms with Gasteiger partial charge in [0.25, 0.3) is 0 Å². The first-order valence-electron chi connectivity index (χ1n) is 6.85. The second kappa shape index (κ2) is 19.7. The average Bonchev–Trinajstić information content (AvgIpc) is 2.64. The van der Waals surface area contributed by atoms with Crippen LogP contribution in [0.25, 0.3) is 0 Å². The van der Waals surface area contributed by atoms with Crippen molar-refractivity contribution in [2.75, 3.05) is 0 Å². The van der Waals surface area contributed by atoms with E-state index in [1.54, 1.807) is 0 Å². The van der Waals surface area contributed by atoms with Crippen molar-refractivity contribution in [1.82, 2.24) is 0 Å². The van der Waals surface area contributed by atoms with Crippen molar-refractivity contribution in [1.29, 1.82) is 0 Å². The molecule has 0 aromatic carbocycles. The molecule has 6 unspecified atom stereocenters. The van der Waals surface area contributed by atoms with E-state index >= 15 is 0 Å². The molecule has 12 N–H and O–H groups in total. The van der Waals surface area contributed by atoms with Gasteiger partial charge in [0.2, 0.25) is 0 Å². The Morgan fingerprint density at radius 3 is 0.406 bits per heavy atom. The van der Waals surface area contributed by atoms with Gasteiger partial charge in [0.15, 0.2) is 36.6 Å². The molecular weight excluding hydrogens is 794 g/mol. The minimum Gasteiger partial charge on any atom is -0.479 e. The molecule has 0 bridgehead atoms. The van der Waals surface area contributed by atoms with E-state index in [4.69, 9.17) is 61.3 Å². The van der Waals surface area contributed by atoms with Gasteiger partial charge in [-0.25, -0.2) is 28.8 Å². The maximum absolute atomic E-state index is 9.77. The third kappa shape index (κ3) is 17.7. The average molecular weight is 812 g/mol. The van der Waals surface area contributed by atoms with Gasteiger partial charge in [0.1, 0.15) is 0 Å². The van der Waals surface area contributed by atoms with E-state index in [1.807, 2.05) is 0 Å².